The molecule has 2 N–H and O–H groups in total. The van der Waals surface area contributed by atoms with Crippen molar-refractivity contribution in [2.75, 3.05) is 6.26 Å². The lowest BCUT2D eigenvalue weighted by Gasteiger charge is -2.29. The number of nitrogens with one attached hydrogen (secondary N) is 1. The van der Waals surface area contributed by atoms with Crippen LogP contribution >= 0.6 is 0 Å². The summed E-state index contributed by atoms with van der Waals surface area (Å²) in [6.45, 7) is 4.51. The molecule has 0 amide bonds. The van der Waals surface area contributed by atoms with Crippen molar-refractivity contribution in [1.29, 1.82) is 0 Å². The van der Waals surface area contributed by atoms with Crippen molar-refractivity contribution in [2.24, 2.45) is 0 Å². The SMILES string of the molecule is CC(C)(C)OC(=O)CC(NS(=O)(=O)c1ccccc1)(C(=O)O)S(C)(=O)=O. The van der Waals surface area contributed by atoms with E-state index in [0.29, 0.717) is 6.26 Å². The van der Waals surface area contributed by atoms with E-state index in [9.17, 15) is 31.5 Å². The number of rotatable bonds is 7. The maximum Gasteiger partial charge on any atom is 0.341 e. The third-order valence-electron chi connectivity index (χ3n) is 3.14. The van der Waals surface area contributed by atoms with Gasteiger partial charge in [-0.05, 0) is 32.9 Å². The van der Waals surface area contributed by atoms with Crippen molar-refractivity contribution in [3.63, 3.8) is 0 Å². The predicted molar refractivity (Wildman–Crippen MR) is 92.4 cm³/mol. The number of hydrogen-bond donors (Lipinski definition) is 2. The molecule has 0 heterocycles. The highest BCUT2D eigenvalue weighted by molar-refractivity contribution is 7.95. The summed E-state index contributed by atoms with van der Waals surface area (Å²) in [5.74, 6) is -3.22. The van der Waals surface area contributed by atoms with Crippen LogP contribution in [0.4, 0.5) is 0 Å². The van der Waals surface area contributed by atoms with Crippen LogP contribution in [-0.2, 0) is 34.2 Å². The van der Waals surface area contributed by atoms with Gasteiger partial charge in [0.1, 0.15) is 5.60 Å². The number of carbonyl (C=O) groups excluding carboxylic acids is 1. The summed E-state index contributed by atoms with van der Waals surface area (Å²) < 4.78 is 55.9. The van der Waals surface area contributed by atoms with Gasteiger partial charge < -0.3 is 9.84 Å². The first-order chi connectivity index (χ1) is 11.6. The highest BCUT2D eigenvalue weighted by atomic mass is 32.2. The minimum atomic E-state index is -4.61. The number of carboxylic acid groups (broad SMARTS) is 1. The normalized spacial score (nSPS) is 15.1. The molecule has 1 atom stereocenters. The van der Waals surface area contributed by atoms with Gasteiger partial charge in [0.15, 0.2) is 9.84 Å². The lowest BCUT2D eigenvalue weighted by Crippen LogP contribution is -2.60. The second kappa shape index (κ2) is 7.33. The number of carbonyl (C=O) groups is 2. The summed E-state index contributed by atoms with van der Waals surface area (Å²) in [7, 11) is -9.16. The van der Waals surface area contributed by atoms with Crippen LogP contribution in [0.1, 0.15) is 27.2 Å². The van der Waals surface area contributed by atoms with Gasteiger partial charge in [-0.15, -0.1) is 0 Å². The Morgan fingerprint density at radius 2 is 1.58 bits per heavy atom. The van der Waals surface area contributed by atoms with Gasteiger partial charge in [-0.2, -0.15) is 4.72 Å². The summed E-state index contributed by atoms with van der Waals surface area (Å²) >= 11 is 0. The molecule has 0 aliphatic heterocycles. The maximum absolute atomic E-state index is 12.5. The molecule has 0 fully saturated rings. The average molecular weight is 407 g/mol. The second-order valence-corrected chi connectivity index (χ2v) is 10.5. The first kappa shape index (κ1) is 22.1. The second-order valence-electron chi connectivity index (χ2n) is 6.59. The lowest BCUT2D eigenvalue weighted by molar-refractivity contribution is -0.159. The first-order valence-corrected chi connectivity index (χ1v) is 10.7. The molecule has 146 valence electrons. The summed E-state index contributed by atoms with van der Waals surface area (Å²) in [6.07, 6.45) is -0.705. The van der Waals surface area contributed by atoms with Gasteiger partial charge >= 0.3 is 11.9 Å². The lowest BCUT2D eigenvalue weighted by atomic mass is 10.1. The maximum atomic E-state index is 12.5. The van der Waals surface area contributed by atoms with E-state index in [4.69, 9.17) is 4.74 Å². The van der Waals surface area contributed by atoms with Crippen molar-refractivity contribution < 1.29 is 36.3 Å². The van der Waals surface area contributed by atoms with Gasteiger partial charge in [0.25, 0.3) is 0 Å². The molecule has 0 bridgehead atoms. The minimum absolute atomic E-state index is 0.349. The fourth-order valence-corrected chi connectivity index (χ4v) is 4.84. The van der Waals surface area contributed by atoms with Crippen LogP contribution in [0.15, 0.2) is 35.2 Å². The summed E-state index contributed by atoms with van der Waals surface area (Å²) in [6, 6.07) is 6.60. The zero-order chi connectivity index (χ0) is 20.4. The van der Waals surface area contributed by atoms with E-state index in [1.807, 2.05) is 0 Å². The Labute approximate surface area is 152 Å². The molecule has 26 heavy (non-hydrogen) atoms. The number of hydrogen-bond acceptors (Lipinski definition) is 7. The van der Waals surface area contributed by atoms with Crippen LogP contribution < -0.4 is 4.72 Å². The van der Waals surface area contributed by atoms with E-state index < -0.39 is 48.7 Å². The number of aliphatic carboxylic acids is 1. The summed E-state index contributed by atoms with van der Waals surface area (Å²) in [5.41, 5.74) is -1.02. The van der Waals surface area contributed by atoms with Gasteiger partial charge in [-0.1, -0.05) is 18.2 Å². The average Bonchev–Trinajstić information content (AvgIpc) is 2.43. The van der Waals surface area contributed by atoms with Gasteiger partial charge in [-0.3, -0.25) is 4.79 Å². The quantitative estimate of drug-likeness (QED) is 0.623. The predicted octanol–water partition coefficient (Wildman–Crippen LogP) is 0.522. The third-order valence-corrected chi connectivity index (χ3v) is 6.47. The van der Waals surface area contributed by atoms with Gasteiger partial charge in [0.2, 0.25) is 14.9 Å². The Balaban J connectivity index is 3.43. The number of carboxylic acids is 1. The third kappa shape index (κ3) is 5.26. The van der Waals surface area contributed by atoms with Crippen molar-refractivity contribution in [1.82, 2.24) is 4.72 Å². The molecule has 11 heteroatoms. The van der Waals surface area contributed by atoms with Crippen LogP contribution in [0.3, 0.4) is 0 Å². The molecule has 1 aromatic carbocycles. The molecule has 9 nitrogen and oxygen atoms in total. The molecule has 0 aromatic heterocycles. The number of sulfonamides is 1. The standard InChI is InChI=1S/C15H21NO8S2/c1-14(2,3)24-12(17)10-15(13(18)19,25(4,20)21)16-26(22,23)11-8-6-5-7-9-11/h5-9,16H,10H2,1-4H3,(H,18,19). The van der Waals surface area contributed by atoms with E-state index >= 15 is 0 Å². The molecule has 1 aromatic rings. The molecule has 0 saturated carbocycles. The Morgan fingerprint density at radius 3 is 1.96 bits per heavy atom. The first-order valence-electron chi connectivity index (χ1n) is 7.35. The Kier molecular flexibility index (Phi) is 6.22. The van der Waals surface area contributed by atoms with Gasteiger partial charge in [-0.25, -0.2) is 21.6 Å². The molecule has 1 unspecified atom stereocenters. The van der Waals surface area contributed by atoms with Crippen LogP contribution in [0, 0.1) is 0 Å². The molecular formula is C15H21NO8S2. The van der Waals surface area contributed by atoms with E-state index in [1.54, 1.807) is 4.72 Å². The minimum Gasteiger partial charge on any atom is -0.479 e. The fraction of sp³-hybridized carbons (Fsp3) is 0.467. The van der Waals surface area contributed by atoms with E-state index in [0.717, 1.165) is 12.1 Å². The Morgan fingerprint density at radius 1 is 1.08 bits per heavy atom. The van der Waals surface area contributed by atoms with Crippen molar-refractivity contribution in [2.45, 2.75) is 42.6 Å². The number of sulfone groups is 1. The van der Waals surface area contributed by atoms with E-state index in [1.165, 1.54) is 39.0 Å². The summed E-state index contributed by atoms with van der Waals surface area (Å²) in [4.78, 5) is 20.4. The monoisotopic (exact) mass is 407 g/mol. The fourth-order valence-electron chi connectivity index (χ4n) is 1.98. The smallest absolute Gasteiger partial charge is 0.341 e. The Hall–Kier alpha value is -1.98. The molecular weight excluding hydrogens is 386 g/mol. The zero-order valence-corrected chi connectivity index (χ0v) is 16.3. The topological polar surface area (TPSA) is 144 Å². The van der Waals surface area contributed by atoms with Crippen LogP contribution in [0.5, 0.6) is 0 Å². The summed E-state index contributed by atoms with van der Waals surface area (Å²) in [5, 5.41) is 9.50. The number of benzene rings is 1. The van der Waals surface area contributed by atoms with Gasteiger partial charge in [0, 0.05) is 6.26 Å². The number of ether oxygens (including phenoxy) is 1. The van der Waals surface area contributed by atoms with Crippen molar-refractivity contribution in [3.8, 4) is 0 Å². The van der Waals surface area contributed by atoms with Crippen molar-refractivity contribution >= 4 is 31.8 Å². The largest absolute Gasteiger partial charge is 0.479 e. The van der Waals surface area contributed by atoms with Crippen LogP contribution in [0.25, 0.3) is 0 Å². The molecule has 0 aliphatic rings. The highest BCUT2D eigenvalue weighted by Gasteiger charge is 2.54. The van der Waals surface area contributed by atoms with Crippen LogP contribution in [0.2, 0.25) is 0 Å². The van der Waals surface area contributed by atoms with E-state index in [-0.39, 0.29) is 4.90 Å². The van der Waals surface area contributed by atoms with Crippen molar-refractivity contribution in [3.05, 3.63) is 30.3 Å². The zero-order valence-electron chi connectivity index (χ0n) is 14.7. The molecule has 1 rings (SSSR count). The van der Waals surface area contributed by atoms with Crippen LogP contribution in [-0.4, -0.2) is 50.6 Å². The highest BCUT2D eigenvalue weighted by Crippen LogP contribution is 2.24. The number of esters is 1. The Bertz CT molecular complexity index is 885. The van der Waals surface area contributed by atoms with E-state index in [2.05, 4.69) is 0 Å². The molecule has 0 spiro atoms. The molecule has 0 saturated heterocycles. The van der Waals surface area contributed by atoms with Gasteiger partial charge in [0.05, 0.1) is 11.3 Å². The molecule has 0 radical (unpaired) electrons. The molecule has 0 aliphatic carbocycles.